The maximum absolute atomic E-state index is 12.0. The van der Waals surface area contributed by atoms with Crippen LogP contribution >= 0.6 is 158 Å². The largest absolute Gasteiger partial charge is 0.504 e. The molecular weight excluding hydrogens is 2280 g/mol. The fourth-order valence-electron chi connectivity index (χ4n) is 10.4. The molecule has 12 rings (SSSR count). The van der Waals surface area contributed by atoms with Crippen molar-refractivity contribution in [1.29, 1.82) is 0 Å². The van der Waals surface area contributed by atoms with Gasteiger partial charge in [-0.1, -0.05) is 165 Å². The predicted octanol–water partition coefficient (Wildman–Crippen LogP) is 21.5. The summed E-state index contributed by atoms with van der Waals surface area (Å²) in [5.74, 6) is -1.05. The molecule has 0 aliphatic rings. The SMILES string of the molecule is CCOc1cc(Br)cc(/C=N/NC(=O)c2cccc(Br)c2)c1O.CCOc1cc(Cl)c(Cl)c(/C=N/NC(=O)c2cccc(Br)c2)c1O.CCOc1cccc(/C=N/NC(=O)c2ccccc2Br)c1O.COc1cc(Br)cc(/C=N/NC(=O)c2ccncc2)c1O.COc1cc(Cl)cc(/C=N/NC(=O)c2ccccc2Br)c1O.COc1cc(Cl)cc(/C=N/NC(=O)c2ccccc2Br)c1O. The number of aromatic nitrogens is 1. The van der Waals surface area contributed by atoms with Crippen LogP contribution in [0, 0.1) is 0 Å². The van der Waals surface area contributed by atoms with Crippen molar-refractivity contribution in [2.45, 2.75) is 20.8 Å². The predicted molar refractivity (Wildman–Crippen MR) is 543 cm³/mol. The summed E-state index contributed by atoms with van der Waals surface area (Å²) in [5.41, 5.74) is 19.2. The monoisotopic (exact) mass is 2340 g/mol. The van der Waals surface area contributed by atoms with Crippen molar-refractivity contribution >= 4 is 231 Å². The average molecular weight is 2350 g/mol. The van der Waals surface area contributed by atoms with Gasteiger partial charge in [0.2, 0.25) is 0 Å². The molecule has 134 heavy (non-hydrogen) atoms. The summed E-state index contributed by atoms with van der Waals surface area (Å²) < 4.78 is 35.9. The maximum atomic E-state index is 12.0. The number of ether oxygens (including phenoxy) is 6. The molecular formula is C92H78Br7Cl4N13O18. The van der Waals surface area contributed by atoms with Gasteiger partial charge in [0, 0.05) is 116 Å². The Kier molecular flexibility index (Phi) is 45.8. The Balaban J connectivity index is 0.000000219. The smallest absolute Gasteiger partial charge is 0.272 e. The van der Waals surface area contributed by atoms with E-state index in [1.165, 1.54) is 101 Å². The topological polar surface area (TPSA) is 438 Å². The fraction of sp³-hybridized carbons (Fsp3) is 0.0978. The van der Waals surface area contributed by atoms with Gasteiger partial charge in [-0.25, -0.2) is 32.6 Å². The van der Waals surface area contributed by atoms with Crippen LogP contribution in [0.15, 0.2) is 281 Å². The summed E-state index contributed by atoms with van der Waals surface area (Å²) in [6.45, 7) is 6.66. The van der Waals surface area contributed by atoms with Gasteiger partial charge >= 0.3 is 0 Å². The number of methoxy groups -OCH3 is 3. The highest BCUT2D eigenvalue weighted by Crippen LogP contribution is 2.41. The van der Waals surface area contributed by atoms with E-state index in [1.807, 2.05) is 26.0 Å². The number of rotatable bonds is 27. The Morgan fingerprint density at radius 1 is 0.321 bits per heavy atom. The van der Waals surface area contributed by atoms with Crippen molar-refractivity contribution in [1.82, 2.24) is 37.5 Å². The normalized spacial score (nSPS) is 10.7. The molecule has 31 nitrogen and oxygen atoms in total. The molecule has 11 aromatic carbocycles. The standard InChI is InChI=1S/C16H14Br2N2O3.C16H13BrCl2N2O3.C16H15BrN2O3.2C15H12BrClN2O3.C14H12BrN3O3/c1-2-23-14-8-13(18)7-11(15(14)21)9-19-20-16(22)10-4-3-5-12(17)6-10;1-2-24-13-7-12(18)14(19)11(15(13)22)8-20-21-16(23)9-4-3-5-10(17)6-9;1-2-22-14-9-5-6-11(15(14)20)10-18-19-16(21)12-7-3-4-8-13(12)17;2*1-22-13-7-10(17)6-9(14(13)20)8-18-19-15(21)11-4-2-3-5-12(11)16;1-21-12-7-11(15)6-10(13(12)19)8-17-18-14(20)9-2-4-16-5-3-9/h3-9,21H,2H2,1H3,(H,20,22);3-8,22H,2H2,1H3,(H,21,23);3-10,20H,2H2,1H3,(H,19,21);2*2-8,20H,1H3,(H,19,21);2-8,19H,1H3,(H,18,20)/b19-9+;20-8+;18-10+;2*18-8+;17-8+. The highest BCUT2D eigenvalue weighted by atomic mass is 79.9. The number of halogens is 11. The number of carbonyl (C=O) groups is 6. The van der Waals surface area contributed by atoms with Crippen LogP contribution in [0.1, 0.15) is 116 Å². The van der Waals surface area contributed by atoms with Crippen LogP contribution in [-0.2, 0) is 0 Å². The first-order valence-electron chi connectivity index (χ1n) is 38.5. The number of para-hydroxylation sites is 1. The van der Waals surface area contributed by atoms with Gasteiger partial charge in [0.05, 0.1) is 111 Å². The number of phenolic OH excluding ortho intramolecular Hbond substituents is 6. The zero-order valence-corrected chi connectivity index (χ0v) is 84.9. The van der Waals surface area contributed by atoms with Crippen molar-refractivity contribution in [3.63, 3.8) is 0 Å². The highest BCUT2D eigenvalue weighted by Gasteiger charge is 2.20. The molecule has 0 unspecified atom stereocenters. The van der Waals surface area contributed by atoms with Crippen molar-refractivity contribution in [2.24, 2.45) is 30.6 Å². The van der Waals surface area contributed by atoms with Gasteiger partial charge in [-0.3, -0.25) is 33.8 Å². The van der Waals surface area contributed by atoms with E-state index in [1.54, 1.807) is 171 Å². The van der Waals surface area contributed by atoms with Gasteiger partial charge in [0.25, 0.3) is 35.4 Å². The Labute approximate surface area is 846 Å². The van der Waals surface area contributed by atoms with Gasteiger partial charge in [-0.2, -0.15) is 30.6 Å². The number of hydrogen-bond acceptors (Lipinski definition) is 25. The van der Waals surface area contributed by atoms with E-state index in [2.05, 4.69) is 180 Å². The number of amides is 6. The molecule has 6 amide bonds. The molecule has 0 bridgehead atoms. The van der Waals surface area contributed by atoms with Gasteiger partial charge in [-0.05, 0) is 202 Å². The number of hydrazone groups is 6. The number of carbonyl (C=O) groups excluding carboxylic acids is 6. The summed E-state index contributed by atoms with van der Waals surface area (Å²) in [6.07, 6.45) is 10.9. The number of nitrogens with one attached hydrogen (secondary N) is 6. The Morgan fingerprint density at radius 3 is 1.03 bits per heavy atom. The molecule has 1 aromatic heterocycles. The summed E-state index contributed by atoms with van der Waals surface area (Å²) in [6, 6.07) is 57.0. The lowest BCUT2D eigenvalue weighted by molar-refractivity contribution is 0.0946. The second-order valence-corrected chi connectivity index (χ2v) is 33.7. The van der Waals surface area contributed by atoms with Gasteiger partial charge < -0.3 is 59.1 Å². The fourth-order valence-corrected chi connectivity index (χ4v) is 14.4. The summed E-state index contributed by atoms with van der Waals surface area (Å²) in [7, 11) is 4.29. The molecule has 0 aliphatic carbocycles. The van der Waals surface area contributed by atoms with Gasteiger partial charge in [0.1, 0.15) is 0 Å². The van der Waals surface area contributed by atoms with Gasteiger partial charge in [-0.15, -0.1) is 0 Å². The first-order valence-corrected chi connectivity index (χ1v) is 45.6. The van der Waals surface area contributed by atoms with Crippen LogP contribution in [0.25, 0.3) is 0 Å². The molecule has 0 spiro atoms. The van der Waals surface area contributed by atoms with Crippen molar-refractivity contribution in [3.05, 3.63) is 337 Å². The third-order valence-corrected chi connectivity index (χ3v) is 22.0. The van der Waals surface area contributed by atoms with E-state index < -0.39 is 5.91 Å². The van der Waals surface area contributed by atoms with E-state index in [4.69, 9.17) is 74.8 Å². The number of phenols is 6. The number of hydrogen-bond donors (Lipinski definition) is 12. The molecule has 1 heterocycles. The van der Waals surface area contributed by atoms with Crippen LogP contribution in [0.2, 0.25) is 20.1 Å². The second kappa shape index (κ2) is 56.5. The molecule has 0 radical (unpaired) electrons. The van der Waals surface area contributed by atoms with E-state index in [0.29, 0.717) is 122 Å². The zero-order valence-electron chi connectivity index (χ0n) is 70.7. The number of pyridine rings is 1. The summed E-state index contributed by atoms with van der Waals surface area (Å²) in [5, 5.41) is 84.2. The minimum absolute atomic E-state index is 0.0109. The molecule has 0 aliphatic heterocycles. The molecule has 696 valence electrons. The number of aromatic hydroxyl groups is 6. The lowest BCUT2D eigenvalue weighted by atomic mass is 10.2. The average Bonchev–Trinajstić information content (AvgIpc) is 0.795. The van der Waals surface area contributed by atoms with Crippen molar-refractivity contribution < 1.29 is 87.8 Å². The van der Waals surface area contributed by atoms with E-state index in [-0.39, 0.29) is 96.9 Å². The lowest BCUT2D eigenvalue weighted by Gasteiger charge is -2.10. The molecule has 12 aromatic rings. The summed E-state index contributed by atoms with van der Waals surface area (Å²) >= 11 is 47.0. The van der Waals surface area contributed by atoms with Crippen LogP contribution < -0.4 is 61.0 Å². The summed E-state index contributed by atoms with van der Waals surface area (Å²) in [4.78, 5) is 75.4. The quantitative estimate of drug-likeness (QED) is 0.0168. The first kappa shape index (κ1) is 109. The number of nitrogens with zero attached hydrogens (tertiary/aromatic N) is 7. The van der Waals surface area contributed by atoms with Crippen molar-refractivity contribution in [2.75, 3.05) is 41.2 Å². The minimum Gasteiger partial charge on any atom is -0.504 e. The van der Waals surface area contributed by atoms with Crippen LogP contribution in [-0.4, -0.2) is 150 Å². The number of benzene rings is 11. The van der Waals surface area contributed by atoms with Crippen LogP contribution in [0.3, 0.4) is 0 Å². The van der Waals surface area contributed by atoms with Gasteiger partial charge in [0.15, 0.2) is 69.0 Å². The Morgan fingerprint density at radius 2 is 0.642 bits per heavy atom. The van der Waals surface area contributed by atoms with Crippen LogP contribution in [0.4, 0.5) is 0 Å². The minimum atomic E-state index is -0.407. The lowest BCUT2D eigenvalue weighted by Crippen LogP contribution is -2.18. The molecule has 12 N–H and O–H groups in total. The zero-order chi connectivity index (χ0) is 97.9. The highest BCUT2D eigenvalue weighted by molar-refractivity contribution is 9.11. The molecule has 42 heteroatoms. The Hall–Kier alpha value is -12.5. The van der Waals surface area contributed by atoms with Crippen LogP contribution in [0.5, 0.6) is 69.0 Å². The molecule has 0 fully saturated rings. The maximum Gasteiger partial charge on any atom is 0.272 e. The third kappa shape index (κ3) is 34.2. The molecule has 0 saturated carbocycles. The Bertz CT molecular complexity index is 6210. The van der Waals surface area contributed by atoms with E-state index >= 15 is 0 Å². The third-order valence-electron chi connectivity index (χ3n) is 16.7. The molecule has 0 atom stereocenters. The van der Waals surface area contributed by atoms with E-state index in [0.717, 1.165) is 17.9 Å². The van der Waals surface area contributed by atoms with Crippen molar-refractivity contribution in [3.8, 4) is 69.0 Å². The first-order chi connectivity index (χ1) is 64.2. The van der Waals surface area contributed by atoms with E-state index in [9.17, 15) is 59.4 Å². The molecule has 0 saturated heterocycles. The second-order valence-electron chi connectivity index (χ2n) is 25.8.